The number of anilines is 1. The molecule has 6 heteroatoms. The van der Waals surface area contributed by atoms with Crippen molar-refractivity contribution in [2.45, 2.75) is 163 Å². The zero-order valence-corrected chi connectivity index (χ0v) is 33.2. The minimum atomic E-state index is -4.40. The second-order valence-electron chi connectivity index (χ2n) is 14.0. The van der Waals surface area contributed by atoms with E-state index >= 15 is 0 Å². The van der Waals surface area contributed by atoms with Crippen molar-refractivity contribution < 1.29 is 13.2 Å². The molecule has 3 aliphatic rings. The van der Waals surface area contributed by atoms with Crippen LogP contribution in [-0.2, 0) is 13.0 Å². The summed E-state index contributed by atoms with van der Waals surface area (Å²) in [5.74, 6) is 0. The van der Waals surface area contributed by atoms with Crippen LogP contribution in [-0.4, -0.2) is 23.3 Å². The first-order valence-corrected chi connectivity index (χ1v) is 20.2. The molecule has 0 spiro atoms. The van der Waals surface area contributed by atoms with Crippen LogP contribution >= 0.6 is 0 Å². The fraction of sp³-hybridized carbons (Fsp3) is 0.565. The third-order valence-electron chi connectivity index (χ3n) is 9.94. The van der Waals surface area contributed by atoms with E-state index in [-0.39, 0.29) is 0 Å². The Balaban J connectivity index is 0.000000562. The van der Waals surface area contributed by atoms with Gasteiger partial charge in [-0.2, -0.15) is 13.2 Å². The second-order valence-corrected chi connectivity index (χ2v) is 14.0. The van der Waals surface area contributed by atoms with Gasteiger partial charge < -0.3 is 15.2 Å². The van der Waals surface area contributed by atoms with Crippen LogP contribution in [0.1, 0.15) is 148 Å². The Morgan fingerprint density at radius 2 is 1.31 bits per heavy atom. The van der Waals surface area contributed by atoms with Gasteiger partial charge in [0.25, 0.3) is 0 Å². The summed E-state index contributed by atoms with van der Waals surface area (Å²) < 4.78 is 45.7. The number of aryl methyl sites for hydroxylation is 2. The Kier molecular flexibility index (Phi) is 21.3. The van der Waals surface area contributed by atoms with Crippen molar-refractivity contribution in [3.8, 4) is 12.8 Å². The highest BCUT2D eigenvalue weighted by Gasteiger charge is 2.40. The molecular formula is C46H68F3N3. The van der Waals surface area contributed by atoms with Crippen LogP contribution in [0.25, 0.3) is 16.5 Å². The van der Waals surface area contributed by atoms with Gasteiger partial charge in [0.05, 0.1) is 5.57 Å². The molecule has 2 aromatic carbocycles. The molecule has 0 unspecified atom stereocenters. The van der Waals surface area contributed by atoms with E-state index in [0.29, 0.717) is 23.0 Å². The first-order chi connectivity index (χ1) is 25.2. The zero-order chi connectivity index (χ0) is 38.4. The predicted molar refractivity (Wildman–Crippen MR) is 221 cm³/mol. The molecule has 1 aromatic heterocycles. The molecule has 3 aromatic rings. The molecule has 6 rings (SSSR count). The van der Waals surface area contributed by atoms with E-state index in [1.54, 1.807) is 0 Å². The minimum Gasteiger partial charge on any atom is -0.355 e. The number of nitrogens with zero attached hydrogens (tertiary/aromatic N) is 1. The smallest absolute Gasteiger partial charge is 0.355 e. The van der Waals surface area contributed by atoms with Crippen LogP contribution in [0.4, 0.5) is 18.9 Å². The maximum absolute atomic E-state index is 14.5. The highest BCUT2D eigenvalue weighted by molar-refractivity contribution is 6.04. The van der Waals surface area contributed by atoms with Crippen molar-refractivity contribution in [3.05, 3.63) is 82.7 Å². The summed E-state index contributed by atoms with van der Waals surface area (Å²) in [6.07, 6.45) is 24.1. The van der Waals surface area contributed by atoms with Crippen LogP contribution in [0.5, 0.6) is 0 Å². The fourth-order valence-electron chi connectivity index (χ4n) is 6.97. The Morgan fingerprint density at radius 1 is 0.788 bits per heavy atom. The van der Waals surface area contributed by atoms with Gasteiger partial charge in [0.15, 0.2) is 0 Å². The lowest BCUT2D eigenvalue weighted by Gasteiger charge is -2.25. The molecule has 0 amide bonds. The topological polar surface area (TPSA) is 29.0 Å². The monoisotopic (exact) mass is 720 g/mol. The van der Waals surface area contributed by atoms with Gasteiger partial charge in [-0.05, 0) is 87.8 Å². The Morgan fingerprint density at radius 3 is 1.79 bits per heavy atom. The third kappa shape index (κ3) is 13.8. The standard InChI is InChI=1S/C32H46F3N3.C6H6.C4H8.C2H6.C2H2/c1-5-28-23(4)30-29(38(28)20-14-10-8-6-7-9-13-19-36-22(2)3)18-17-26-31(30)25(32(33,34)35)21-27(37-26)24-15-11-12-16-24;1-2-4-6-5-3-1;1-2-4-3-1;2*1-2/h17-18,21-22,36-37H,5-16,19-20H2,1-4H3;1-6H;1-4H2;1-2H3;1-2H. The lowest BCUT2D eigenvalue weighted by molar-refractivity contribution is -0.0688. The predicted octanol–water partition coefficient (Wildman–Crippen LogP) is 14.0. The van der Waals surface area contributed by atoms with Crippen LogP contribution in [0.2, 0.25) is 0 Å². The van der Waals surface area contributed by atoms with Crippen molar-refractivity contribution in [2.75, 3.05) is 11.9 Å². The van der Waals surface area contributed by atoms with E-state index in [9.17, 15) is 13.2 Å². The number of nitrogens with one attached hydrogen (secondary N) is 2. The molecule has 2 heterocycles. The maximum atomic E-state index is 14.5. The van der Waals surface area contributed by atoms with Crippen molar-refractivity contribution in [3.63, 3.8) is 0 Å². The largest absolute Gasteiger partial charge is 0.417 e. The molecule has 2 saturated carbocycles. The Labute approximate surface area is 314 Å². The van der Waals surface area contributed by atoms with E-state index < -0.39 is 11.7 Å². The van der Waals surface area contributed by atoms with Gasteiger partial charge in [-0.3, -0.25) is 0 Å². The SMILES string of the molecule is C#C.C1CCC1.CC.CCc1c(C)c2c3c(ccc2n1CCCCCCCCCNC(C)C)NC(=C1CCCC1)C=C3C(F)(F)F.c1ccccc1. The van der Waals surface area contributed by atoms with E-state index in [1.807, 2.05) is 69.3 Å². The molecule has 2 fully saturated rings. The highest BCUT2D eigenvalue weighted by atomic mass is 19.4. The number of hydrogen-bond acceptors (Lipinski definition) is 2. The lowest BCUT2D eigenvalue weighted by atomic mass is 9.91. The van der Waals surface area contributed by atoms with E-state index in [0.717, 1.165) is 85.8 Å². The lowest BCUT2D eigenvalue weighted by Crippen LogP contribution is -2.23. The number of fused-ring (bicyclic) bond motifs is 3. The summed E-state index contributed by atoms with van der Waals surface area (Å²) in [5.41, 5.74) is 5.28. The molecule has 0 saturated heterocycles. The second kappa shape index (κ2) is 24.7. The average molecular weight is 720 g/mol. The molecule has 2 N–H and O–H groups in total. The Bertz CT molecular complexity index is 1470. The van der Waals surface area contributed by atoms with E-state index in [4.69, 9.17) is 0 Å². The number of benzene rings is 2. The molecule has 3 nitrogen and oxygen atoms in total. The van der Waals surface area contributed by atoms with Crippen molar-refractivity contribution in [1.82, 2.24) is 9.88 Å². The summed E-state index contributed by atoms with van der Waals surface area (Å²) in [6, 6.07) is 16.5. The van der Waals surface area contributed by atoms with Gasteiger partial charge in [0.2, 0.25) is 0 Å². The number of alkyl halides is 3. The first-order valence-electron chi connectivity index (χ1n) is 20.2. The van der Waals surface area contributed by atoms with E-state index in [2.05, 4.69) is 48.8 Å². The Hall–Kier alpha value is -3.43. The van der Waals surface area contributed by atoms with Gasteiger partial charge in [-0.15, -0.1) is 12.8 Å². The summed E-state index contributed by atoms with van der Waals surface area (Å²) in [7, 11) is 0. The number of halogens is 3. The summed E-state index contributed by atoms with van der Waals surface area (Å²) in [4.78, 5) is 0. The number of allylic oxidation sites excluding steroid dienone is 3. The highest BCUT2D eigenvalue weighted by Crippen LogP contribution is 2.47. The van der Waals surface area contributed by atoms with Crippen LogP contribution < -0.4 is 10.6 Å². The number of rotatable bonds is 12. The molecular weight excluding hydrogens is 652 g/mol. The van der Waals surface area contributed by atoms with E-state index in [1.165, 1.54) is 63.9 Å². The number of aromatic nitrogens is 1. The quantitative estimate of drug-likeness (QED) is 0.144. The van der Waals surface area contributed by atoms with Crippen molar-refractivity contribution in [1.29, 1.82) is 0 Å². The van der Waals surface area contributed by atoms with Crippen molar-refractivity contribution in [2.24, 2.45) is 0 Å². The molecule has 0 atom stereocenters. The van der Waals surface area contributed by atoms with Gasteiger partial charge in [0, 0.05) is 46.1 Å². The summed E-state index contributed by atoms with van der Waals surface area (Å²) >= 11 is 0. The number of unbranched alkanes of at least 4 members (excludes halogenated alkanes) is 6. The normalized spacial score (nSPS) is 14.6. The maximum Gasteiger partial charge on any atom is 0.417 e. The van der Waals surface area contributed by atoms with Crippen LogP contribution in [0.15, 0.2) is 65.9 Å². The first kappa shape index (κ1) is 44.7. The fourth-order valence-corrected chi connectivity index (χ4v) is 6.97. The molecule has 52 heavy (non-hydrogen) atoms. The molecule has 2 aliphatic carbocycles. The molecule has 1 aliphatic heterocycles. The van der Waals surface area contributed by atoms with Gasteiger partial charge >= 0.3 is 6.18 Å². The van der Waals surface area contributed by atoms with Gasteiger partial charge in [-0.25, -0.2) is 0 Å². The molecule has 0 radical (unpaired) electrons. The number of hydrogen-bond donors (Lipinski definition) is 2. The van der Waals surface area contributed by atoms with Crippen LogP contribution in [0, 0.1) is 19.8 Å². The minimum absolute atomic E-state index is 0.329. The molecule has 0 bridgehead atoms. The summed E-state index contributed by atoms with van der Waals surface area (Å²) in [5, 5.41) is 7.62. The van der Waals surface area contributed by atoms with Gasteiger partial charge in [0.1, 0.15) is 0 Å². The molecule has 288 valence electrons. The summed E-state index contributed by atoms with van der Waals surface area (Å²) in [6.45, 7) is 14.4. The average Bonchev–Trinajstić information content (AvgIpc) is 3.76. The number of terminal acetylenes is 1. The van der Waals surface area contributed by atoms with Gasteiger partial charge in [-0.1, -0.05) is 129 Å². The third-order valence-corrected chi connectivity index (χ3v) is 9.94. The van der Waals surface area contributed by atoms with Crippen molar-refractivity contribution >= 4 is 22.2 Å². The zero-order valence-electron chi connectivity index (χ0n) is 33.2. The van der Waals surface area contributed by atoms with Crippen LogP contribution in [0.3, 0.4) is 0 Å².